The summed E-state index contributed by atoms with van der Waals surface area (Å²) in [6.07, 6.45) is 12.1. The Morgan fingerprint density at radius 1 is 0.542 bits per heavy atom. The van der Waals surface area contributed by atoms with E-state index in [0.717, 1.165) is 41.5 Å². The van der Waals surface area contributed by atoms with Crippen LogP contribution in [0.25, 0.3) is 51.4 Å². The molecular formula is C44H34N4. The second-order valence-electron chi connectivity index (χ2n) is 12.9. The molecule has 1 aromatic heterocycles. The number of aliphatic imine (C=N–C) groups is 1. The minimum Gasteiger partial charge on any atom is -0.266 e. The van der Waals surface area contributed by atoms with Crippen LogP contribution in [0.3, 0.4) is 0 Å². The number of aromatic nitrogens is 3. The number of fused-ring (bicyclic) bond motifs is 2. The van der Waals surface area contributed by atoms with Crippen LogP contribution in [-0.2, 0) is 6.42 Å². The molecule has 0 fully saturated rings. The van der Waals surface area contributed by atoms with Gasteiger partial charge in [-0.1, -0.05) is 140 Å². The average molecular weight is 619 g/mol. The first-order valence-corrected chi connectivity index (χ1v) is 16.9. The van der Waals surface area contributed by atoms with Crippen LogP contribution in [0.5, 0.6) is 0 Å². The highest BCUT2D eigenvalue weighted by Gasteiger charge is 2.39. The molecule has 6 aromatic rings. The van der Waals surface area contributed by atoms with Gasteiger partial charge in [0.1, 0.15) is 0 Å². The Kier molecular flexibility index (Phi) is 7.20. The smallest absolute Gasteiger partial charge is 0.164 e. The summed E-state index contributed by atoms with van der Waals surface area (Å²) in [5, 5.41) is 0. The van der Waals surface area contributed by atoms with Gasteiger partial charge in [-0.15, -0.1) is 0 Å². The van der Waals surface area contributed by atoms with Crippen molar-refractivity contribution in [3.05, 3.63) is 168 Å². The van der Waals surface area contributed by atoms with Crippen LogP contribution < -0.4 is 0 Å². The van der Waals surface area contributed by atoms with Crippen LogP contribution in [0.4, 0.5) is 0 Å². The second-order valence-corrected chi connectivity index (χ2v) is 12.9. The molecule has 3 unspecified atom stereocenters. The maximum Gasteiger partial charge on any atom is 0.164 e. The molecule has 0 radical (unpaired) electrons. The molecule has 0 spiro atoms. The fourth-order valence-electron chi connectivity index (χ4n) is 7.81. The third kappa shape index (κ3) is 5.20. The lowest BCUT2D eigenvalue weighted by atomic mass is 9.67. The molecule has 3 atom stereocenters. The van der Waals surface area contributed by atoms with Gasteiger partial charge in [0.25, 0.3) is 0 Å². The van der Waals surface area contributed by atoms with Crippen LogP contribution in [-0.4, -0.2) is 20.7 Å². The average Bonchev–Trinajstić information content (AvgIpc) is 3.34. The maximum absolute atomic E-state index is 5.10. The molecule has 0 saturated heterocycles. The van der Waals surface area contributed by atoms with Crippen molar-refractivity contribution in [3.63, 3.8) is 0 Å². The van der Waals surface area contributed by atoms with E-state index < -0.39 is 0 Å². The third-order valence-electron chi connectivity index (χ3n) is 10.1. The zero-order chi connectivity index (χ0) is 31.9. The van der Waals surface area contributed by atoms with Gasteiger partial charge in [-0.2, -0.15) is 0 Å². The summed E-state index contributed by atoms with van der Waals surface area (Å²) in [5.74, 6) is 2.96. The lowest BCUT2D eigenvalue weighted by Crippen LogP contribution is -2.28. The van der Waals surface area contributed by atoms with Crippen molar-refractivity contribution in [2.24, 2.45) is 10.9 Å². The molecular weight excluding hydrogens is 585 g/mol. The minimum atomic E-state index is 0.221. The van der Waals surface area contributed by atoms with Crippen molar-refractivity contribution in [2.45, 2.75) is 31.1 Å². The number of allylic oxidation sites excluding steroid dienone is 2. The van der Waals surface area contributed by atoms with Crippen LogP contribution in [0.15, 0.2) is 151 Å². The zero-order valence-corrected chi connectivity index (χ0v) is 26.6. The Balaban J connectivity index is 1.14. The van der Waals surface area contributed by atoms with E-state index in [9.17, 15) is 0 Å². The number of rotatable bonds is 5. The monoisotopic (exact) mass is 618 g/mol. The summed E-state index contributed by atoms with van der Waals surface area (Å²) in [4.78, 5) is 20.1. The molecule has 4 heteroatoms. The van der Waals surface area contributed by atoms with E-state index >= 15 is 0 Å². The van der Waals surface area contributed by atoms with Gasteiger partial charge in [0.15, 0.2) is 17.5 Å². The van der Waals surface area contributed by atoms with Crippen molar-refractivity contribution in [1.29, 1.82) is 0 Å². The first-order chi connectivity index (χ1) is 23.8. The second kappa shape index (κ2) is 12.1. The quantitative estimate of drug-likeness (QED) is 0.193. The molecule has 9 rings (SSSR count). The highest BCUT2D eigenvalue weighted by Crippen LogP contribution is 2.50. The van der Waals surface area contributed by atoms with E-state index in [1.165, 1.54) is 33.5 Å². The topological polar surface area (TPSA) is 51.0 Å². The first-order valence-electron chi connectivity index (χ1n) is 16.9. The van der Waals surface area contributed by atoms with E-state index in [4.69, 9.17) is 19.9 Å². The lowest BCUT2D eigenvalue weighted by molar-refractivity contribution is 0.489. The summed E-state index contributed by atoms with van der Waals surface area (Å²) in [6.45, 7) is 0. The molecule has 48 heavy (non-hydrogen) atoms. The molecule has 0 N–H and O–H groups in total. The zero-order valence-electron chi connectivity index (χ0n) is 26.6. The van der Waals surface area contributed by atoms with E-state index in [1.807, 2.05) is 30.5 Å². The number of nitrogens with zero attached hydrogens (tertiary/aromatic N) is 4. The summed E-state index contributed by atoms with van der Waals surface area (Å²) in [6, 6.07) is 44.8. The molecule has 1 aliphatic heterocycles. The van der Waals surface area contributed by atoms with Crippen molar-refractivity contribution in [1.82, 2.24) is 15.0 Å². The number of hydrogen-bond donors (Lipinski definition) is 0. The van der Waals surface area contributed by atoms with E-state index in [2.05, 4.69) is 121 Å². The molecule has 5 aromatic carbocycles. The summed E-state index contributed by atoms with van der Waals surface area (Å²) < 4.78 is 0. The van der Waals surface area contributed by atoms with E-state index in [0.29, 0.717) is 29.3 Å². The lowest BCUT2D eigenvalue weighted by Gasteiger charge is -2.37. The molecule has 2 aliphatic carbocycles. The Bertz CT molecular complexity index is 2220. The number of benzene rings is 5. The van der Waals surface area contributed by atoms with E-state index in [1.54, 1.807) is 0 Å². The molecule has 0 saturated carbocycles. The van der Waals surface area contributed by atoms with Gasteiger partial charge in [-0.3, -0.25) is 4.99 Å². The van der Waals surface area contributed by atoms with E-state index in [-0.39, 0.29) is 5.92 Å². The minimum absolute atomic E-state index is 0.221. The Morgan fingerprint density at radius 3 is 1.94 bits per heavy atom. The molecule has 0 bridgehead atoms. The third-order valence-corrected chi connectivity index (χ3v) is 10.1. The van der Waals surface area contributed by atoms with Crippen LogP contribution in [0.1, 0.15) is 46.9 Å². The van der Waals surface area contributed by atoms with Crippen LogP contribution >= 0.6 is 0 Å². The van der Waals surface area contributed by atoms with Gasteiger partial charge in [0.05, 0.1) is 0 Å². The summed E-state index contributed by atoms with van der Waals surface area (Å²) >= 11 is 0. The standard InChI is InChI=1S/C44H34N4/c1-3-10-29(11-4-1)30-19-21-34(22-20-30)43-46-42(33-12-5-2-6-13-33)47-44(48-43)36-17-8-16-35(28-36)37-25-23-31-14-7-15-32-24-26-39-38(18-9-27-45-39)41(37)40(31)32/h1-17,19-23,25,27-28,37-38,41H,18,24,26H2. The molecule has 2 heterocycles. The Labute approximate surface area is 281 Å². The van der Waals surface area contributed by atoms with Gasteiger partial charge in [0, 0.05) is 46.4 Å². The molecule has 230 valence electrons. The molecule has 4 nitrogen and oxygen atoms in total. The summed E-state index contributed by atoms with van der Waals surface area (Å²) in [7, 11) is 0. The normalized spacial score (nSPS) is 19.2. The van der Waals surface area contributed by atoms with Gasteiger partial charge in [-0.05, 0) is 58.7 Å². The van der Waals surface area contributed by atoms with Gasteiger partial charge in [0.2, 0.25) is 0 Å². The first kappa shape index (κ1) is 28.5. The van der Waals surface area contributed by atoms with Crippen LogP contribution in [0.2, 0.25) is 0 Å². The molecule has 0 amide bonds. The highest BCUT2D eigenvalue weighted by molar-refractivity contribution is 5.91. The largest absolute Gasteiger partial charge is 0.266 e. The van der Waals surface area contributed by atoms with Crippen molar-refractivity contribution >= 4 is 11.8 Å². The predicted molar refractivity (Wildman–Crippen MR) is 196 cm³/mol. The molecule has 3 aliphatic rings. The maximum atomic E-state index is 5.10. The van der Waals surface area contributed by atoms with Crippen LogP contribution in [0, 0.1) is 5.92 Å². The number of aryl methyl sites for hydroxylation is 1. The summed E-state index contributed by atoms with van der Waals surface area (Å²) in [5.41, 5.74) is 12.2. The highest BCUT2D eigenvalue weighted by atomic mass is 15.0. The van der Waals surface area contributed by atoms with Crippen molar-refractivity contribution < 1.29 is 0 Å². The van der Waals surface area contributed by atoms with Gasteiger partial charge in [-0.25, -0.2) is 15.0 Å². The van der Waals surface area contributed by atoms with Gasteiger partial charge < -0.3 is 0 Å². The van der Waals surface area contributed by atoms with Crippen molar-refractivity contribution in [2.75, 3.05) is 0 Å². The fraction of sp³-hybridized carbons (Fsp3) is 0.136. The SMILES string of the molecule is C1=CN=C2CCc3cccc4c3C(C2C1)C(c1cccc(-c2nc(-c3ccccc3)nc(-c3ccc(-c5ccccc5)cc3)n2)c1)C=C4. The number of hydrogen-bond acceptors (Lipinski definition) is 4. The predicted octanol–water partition coefficient (Wildman–Crippen LogP) is 10.4. The van der Waals surface area contributed by atoms with Gasteiger partial charge >= 0.3 is 0 Å². The van der Waals surface area contributed by atoms with Crippen molar-refractivity contribution in [3.8, 4) is 45.3 Å². The fourth-order valence-corrected chi connectivity index (χ4v) is 7.81. The Morgan fingerprint density at radius 2 is 1.17 bits per heavy atom. The Hall–Kier alpha value is -5.74.